The largest absolute Gasteiger partial charge is 0.467 e. The summed E-state index contributed by atoms with van der Waals surface area (Å²) < 4.78 is 38.7. The molecule has 14 heteroatoms. The minimum Gasteiger partial charge on any atom is -0.467 e. The Morgan fingerprint density at radius 2 is 1.57 bits per heavy atom. The number of para-hydroxylation sites is 1. The lowest BCUT2D eigenvalue weighted by molar-refractivity contribution is 0.338. The van der Waals surface area contributed by atoms with E-state index >= 15 is 0 Å². The highest BCUT2D eigenvalue weighted by atomic mass is 35.5. The highest BCUT2D eigenvalue weighted by Gasteiger charge is 2.25. The second-order valence-electron chi connectivity index (χ2n) is 5.16. The van der Waals surface area contributed by atoms with Crippen LogP contribution in [-0.2, 0) is 10.0 Å². The summed E-state index contributed by atoms with van der Waals surface area (Å²) in [4.78, 5) is 15.9. The van der Waals surface area contributed by atoms with Crippen LogP contribution < -0.4 is 14.2 Å². The third-order valence-corrected chi connectivity index (χ3v) is 5.08. The summed E-state index contributed by atoms with van der Waals surface area (Å²) in [7, 11) is -1.47. The smallest absolute Gasteiger partial charge is 0.324 e. The lowest BCUT2D eigenvalue weighted by Gasteiger charge is -2.08. The minimum absolute atomic E-state index is 0.0170. The third-order valence-electron chi connectivity index (χ3n) is 3.33. The molecule has 0 saturated heterocycles. The van der Waals surface area contributed by atoms with Crippen molar-refractivity contribution in [3.05, 3.63) is 34.1 Å². The van der Waals surface area contributed by atoms with Crippen LogP contribution in [0.1, 0.15) is 5.82 Å². The summed E-state index contributed by atoms with van der Waals surface area (Å²) in [5.41, 5.74) is 0.0170. The van der Waals surface area contributed by atoms with E-state index in [0.29, 0.717) is 0 Å². The fourth-order valence-corrected chi connectivity index (χ4v) is 3.68. The topological polar surface area (TPSA) is 134 Å². The van der Waals surface area contributed by atoms with E-state index in [2.05, 4.69) is 29.8 Å². The number of aryl methyl sites for hydroxylation is 1. The zero-order valence-electron chi connectivity index (χ0n) is 14.7. The molecule has 11 nitrogen and oxygen atoms in total. The molecule has 0 fully saturated rings. The maximum absolute atomic E-state index is 12.7. The van der Waals surface area contributed by atoms with Gasteiger partial charge in [-0.25, -0.2) is 4.98 Å². The molecule has 148 valence electrons. The van der Waals surface area contributed by atoms with Crippen LogP contribution in [0.4, 0.5) is 5.69 Å². The number of nitrogens with zero attached hydrogens (tertiary/aromatic N) is 6. The molecule has 28 heavy (non-hydrogen) atoms. The Kier molecular flexibility index (Phi) is 5.54. The molecule has 3 rings (SSSR count). The van der Waals surface area contributed by atoms with Gasteiger partial charge in [-0.3, -0.25) is 4.72 Å². The van der Waals surface area contributed by atoms with Crippen molar-refractivity contribution in [3.8, 4) is 18.0 Å². The summed E-state index contributed by atoms with van der Waals surface area (Å²) >= 11 is 12.0. The minimum atomic E-state index is -4.19. The number of nitrogens with one attached hydrogen (secondary N) is 1. The molecule has 1 N–H and O–H groups in total. The number of halogens is 2. The van der Waals surface area contributed by atoms with E-state index in [9.17, 15) is 8.42 Å². The van der Waals surface area contributed by atoms with Crippen molar-refractivity contribution >= 4 is 38.9 Å². The molecule has 0 aliphatic carbocycles. The Hall–Kier alpha value is -2.70. The first kappa shape index (κ1) is 20.0. The van der Waals surface area contributed by atoms with E-state index in [1.165, 1.54) is 33.3 Å². The van der Waals surface area contributed by atoms with E-state index in [1.54, 1.807) is 6.07 Å². The average Bonchev–Trinajstić information content (AvgIpc) is 3.07. The van der Waals surface area contributed by atoms with E-state index < -0.39 is 15.2 Å². The molecule has 0 aliphatic rings. The molecular formula is C14H13Cl2N7O4S. The SMILES string of the molecule is COc1nc(OC)nc(-n2nc(S(=O)(=O)Nc3c(Cl)cccc3Cl)nc2C)n1. The van der Waals surface area contributed by atoms with Crippen LogP contribution >= 0.6 is 23.2 Å². The van der Waals surface area contributed by atoms with Gasteiger partial charge in [-0.05, 0) is 19.1 Å². The molecule has 0 amide bonds. The number of sulfonamides is 1. The zero-order chi connectivity index (χ0) is 20.5. The molecule has 2 aromatic heterocycles. The molecular weight excluding hydrogens is 433 g/mol. The van der Waals surface area contributed by atoms with Crippen molar-refractivity contribution in [1.82, 2.24) is 29.7 Å². The van der Waals surface area contributed by atoms with Gasteiger partial charge in [-0.1, -0.05) is 29.3 Å². The van der Waals surface area contributed by atoms with E-state index in [4.69, 9.17) is 32.7 Å². The Bertz CT molecular complexity index is 1090. The van der Waals surface area contributed by atoms with Gasteiger partial charge in [0, 0.05) is 0 Å². The Balaban J connectivity index is 2.02. The first-order valence-electron chi connectivity index (χ1n) is 7.50. The lowest BCUT2D eigenvalue weighted by atomic mass is 10.3. The van der Waals surface area contributed by atoms with Crippen molar-refractivity contribution in [2.75, 3.05) is 18.9 Å². The summed E-state index contributed by atoms with van der Waals surface area (Å²) in [6.45, 7) is 1.53. The van der Waals surface area contributed by atoms with Gasteiger partial charge in [0.1, 0.15) is 5.82 Å². The van der Waals surface area contributed by atoms with Crippen molar-refractivity contribution < 1.29 is 17.9 Å². The normalized spacial score (nSPS) is 11.3. The van der Waals surface area contributed by atoms with Crippen LogP contribution in [0.3, 0.4) is 0 Å². The maximum atomic E-state index is 12.7. The monoisotopic (exact) mass is 445 g/mol. The standard InChI is InChI=1S/C14H13Cl2N7O4S/c1-7-17-14(28(24,25)22-10-8(15)5-4-6-9(10)16)21-23(7)11-18-12(26-2)20-13(19-11)27-3/h4-6,22H,1-3H3. The number of benzene rings is 1. The van der Waals surface area contributed by atoms with Crippen LogP contribution in [0.15, 0.2) is 23.4 Å². The van der Waals surface area contributed by atoms with Crippen LogP contribution in [0.2, 0.25) is 10.0 Å². The molecule has 3 aromatic rings. The molecule has 1 aromatic carbocycles. The number of rotatable bonds is 6. The predicted molar refractivity (Wildman–Crippen MR) is 99.9 cm³/mol. The van der Waals surface area contributed by atoms with Gasteiger partial charge in [0.15, 0.2) is 0 Å². The Morgan fingerprint density at radius 3 is 2.11 bits per heavy atom. The third kappa shape index (κ3) is 3.93. The quantitative estimate of drug-likeness (QED) is 0.602. The fraction of sp³-hybridized carbons (Fsp3) is 0.214. The van der Waals surface area contributed by atoms with E-state index in [-0.39, 0.29) is 39.5 Å². The van der Waals surface area contributed by atoms with E-state index in [1.807, 2.05) is 0 Å². The van der Waals surface area contributed by atoms with Gasteiger partial charge in [0.05, 0.1) is 30.0 Å². The van der Waals surface area contributed by atoms with Crippen LogP contribution in [0.5, 0.6) is 12.0 Å². The van der Waals surface area contributed by atoms with Crippen molar-refractivity contribution in [1.29, 1.82) is 0 Å². The molecule has 0 bridgehead atoms. The number of anilines is 1. The molecule has 2 heterocycles. The number of aromatic nitrogens is 6. The first-order valence-corrected chi connectivity index (χ1v) is 9.74. The van der Waals surface area contributed by atoms with Gasteiger partial charge in [0.25, 0.3) is 21.1 Å². The van der Waals surface area contributed by atoms with Crippen molar-refractivity contribution in [2.24, 2.45) is 0 Å². The van der Waals surface area contributed by atoms with Crippen molar-refractivity contribution in [3.63, 3.8) is 0 Å². The van der Waals surface area contributed by atoms with Crippen LogP contribution in [0, 0.1) is 6.92 Å². The fourth-order valence-electron chi connectivity index (χ4n) is 2.05. The molecule has 0 atom stereocenters. The van der Waals surface area contributed by atoms with Gasteiger partial charge < -0.3 is 9.47 Å². The molecule has 0 saturated carbocycles. The number of hydrogen-bond donors (Lipinski definition) is 1. The predicted octanol–water partition coefficient (Wildman–Crippen LogP) is 1.89. The van der Waals surface area contributed by atoms with Crippen molar-refractivity contribution in [2.45, 2.75) is 12.1 Å². The Labute approximate surface area is 169 Å². The average molecular weight is 446 g/mol. The van der Waals surface area contributed by atoms with E-state index in [0.717, 1.165) is 4.68 Å². The van der Waals surface area contributed by atoms with Gasteiger partial charge >= 0.3 is 12.0 Å². The second kappa shape index (κ2) is 7.73. The number of hydrogen-bond acceptors (Lipinski definition) is 9. The highest BCUT2D eigenvalue weighted by Crippen LogP contribution is 2.31. The van der Waals surface area contributed by atoms with Gasteiger partial charge in [-0.15, -0.1) is 10.1 Å². The maximum Gasteiger partial charge on any atom is 0.324 e. The lowest BCUT2D eigenvalue weighted by Crippen LogP contribution is -2.16. The molecule has 0 radical (unpaired) electrons. The van der Waals surface area contributed by atoms with Crippen LogP contribution in [0.25, 0.3) is 5.95 Å². The zero-order valence-corrected chi connectivity index (χ0v) is 17.0. The summed E-state index contributed by atoms with van der Waals surface area (Å²) in [5, 5.41) is 3.68. The highest BCUT2D eigenvalue weighted by molar-refractivity contribution is 7.92. The molecule has 0 spiro atoms. The number of methoxy groups -OCH3 is 2. The summed E-state index contributed by atoms with van der Waals surface area (Å²) in [5.74, 6) is 0.159. The molecule has 0 aliphatic heterocycles. The summed E-state index contributed by atoms with van der Waals surface area (Å²) in [6.07, 6.45) is 0. The van der Waals surface area contributed by atoms with Crippen LogP contribution in [-0.4, -0.2) is 52.4 Å². The second-order valence-corrected chi connectivity index (χ2v) is 7.55. The molecule has 0 unspecified atom stereocenters. The Morgan fingerprint density at radius 1 is 1.00 bits per heavy atom. The first-order chi connectivity index (χ1) is 13.2. The van der Waals surface area contributed by atoms with Gasteiger partial charge in [-0.2, -0.15) is 23.1 Å². The summed E-state index contributed by atoms with van der Waals surface area (Å²) in [6, 6.07) is 4.49. The van der Waals surface area contributed by atoms with Gasteiger partial charge in [0.2, 0.25) is 0 Å². The number of ether oxygens (including phenoxy) is 2.